The van der Waals surface area contributed by atoms with E-state index in [0.29, 0.717) is 41.3 Å². The highest BCUT2D eigenvalue weighted by atomic mass is 16.8. The van der Waals surface area contributed by atoms with Crippen LogP contribution in [0.1, 0.15) is 60.9 Å². The Bertz CT molecular complexity index is 1530. The summed E-state index contributed by atoms with van der Waals surface area (Å²) in [5.74, 6) is -0.0881. The fraction of sp³-hybridized carbons (Fsp3) is 0.400. The molecule has 230 valence electrons. The molecule has 0 bridgehead atoms. The number of rotatable bonds is 11. The summed E-state index contributed by atoms with van der Waals surface area (Å²) >= 11 is 0. The van der Waals surface area contributed by atoms with Crippen LogP contribution in [0, 0.1) is 0 Å². The van der Waals surface area contributed by atoms with Crippen LogP contribution in [-0.2, 0) is 25.5 Å². The molecular formula is C35H39N3O6. The van der Waals surface area contributed by atoms with Crippen LogP contribution in [0.25, 0.3) is 33.3 Å². The van der Waals surface area contributed by atoms with E-state index in [4.69, 9.17) is 28.8 Å². The number of nitrogens with one attached hydrogen (secondary N) is 1. The van der Waals surface area contributed by atoms with Crippen LogP contribution in [0.2, 0.25) is 0 Å². The number of carbonyl (C=O) groups excluding carboxylic acids is 1. The number of nitrogens with zero attached hydrogens (tertiary/aromatic N) is 2. The number of hydrogen-bond donors (Lipinski definition) is 1. The van der Waals surface area contributed by atoms with Crippen molar-refractivity contribution in [3.05, 3.63) is 78.0 Å². The zero-order valence-electron chi connectivity index (χ0n) is 25.1. The van der Waals surface area contributed by atoms with E-state index in [1.54, 1.807) is 18.3 Å². The molecule has 0 aliphatic carbocycles. The van der Waals surface area contributed by atoms with Crippen LogP contribution in [-0.4, -0.2) is 55.4 Å². The van der Waals surface area contributed by atoms with Gasteiger partial charge in [-0.15, -0.1) is 0 Å². The van der Waals surface area contributed by atoms with E-state index in [1.165, 1.54) is 19.1 Å². The summed E-state index contributed by atoms with van der Waals surface area (Å²) in [6, 6.07) is 20.4. The zero-order valence-corrected chi connectivity index (χ0v) is 25.1. The number of benzene rings is 2. The lowest BCUT2D eigenvalue weighted by atomic mass is 9.99. The van der Waals surface area contributed by atoms with Gasteiger partial charge in [-0.25, -0.2) is 20.3 Å². The van der Waals surface area contributed by atoms with Crippen LogP contribution in [0.4, 0.5) is 0 Å². The number of amides is 1. The van der Waals surface area contributed by atoms with Gasteiger partial charge in [-0.05, 0) is 73.8 Å². The van der Waals surface area contributed by atoms with Crippen molar-refractivity contribution in [2.75, 3.05) is 26.9 Å². The summed E-state index contributed by atoms with van der Waals surface area (Å²) in [5.41, 5.74) is 8.60. The Morgan fingerprint density at radius 1 is 0.886 bits per heavy atom. The molecule has 2 aliphatic heterocycles. The van der Waals surface area contributed by atoms with Crippen molar-refractivity contribution in [2.24, 2.45) is 0 Å². The van der Waals surface area contributed by atoms with Crippen molar-refractivity contribution < 1.29 is 28.6 Å². The molecule has 2 atom stereocenters. The average Bonchev–Trinajstić information content (AvgIpc) is 3.09. The topological polar surface area (TPSA) is 101 Å². The van der Waals surface area contributed by atoms with E-state index in [2.05, 4.69) is 46.9 Å². The SMILES string of the molecule is COc1nccc2nc(-c3ccc(-c4ccc(CCCOC5CCCCO5)cc4)cc3)cc(C(=O)NOC3CCCCO3)c12. The molecule has 44 heavy (non-hydrogen) atoms. The second-order valence-corrected chi connectivity index (χ2v) is 11.2. The van der Waals surface area contributed by atoms with Gasteiger partial charge in [0, 0.05) is 31.4 Å². The zero-order chi connectivity index (χ0) is 30.1. The monoisotopic (exact) mass is 597 g/mol. The molecule has 9 heteroatoms. The van der Waals surface area contributed by atoms with Crippen molar-refractivity contribution in [3.8, 4) is 28.3 Å². The largest absolute Gasteiger partial charge is 0.480 e. The van der Waals surface area contributed by atoms with Gasteiger partial charge in [-0.3, -0.25) is 4.79 Å². The quantitative estimate of drug-likeness (QED) is 0.152. The minimum absolute atomic E-state index is 0.0298. The van der Waals surface area contributed by atoms with Gasteiger partial charge in [0.2, 0.25) is 5.88 Å². The van der Waals surface area contributed by atoms with Gasteiger partial charge in [-0.2, -0.15) is 0 Å². The van der Waals surface area contributed by atoms with Gasteiger partial charge < -0.3 is 18.9 Å². The number of hydrogen-bond acceptors (Lipinski definition) is 8. The van der Waals surface area contributed by atoms with Crippen molar-refractivity contribution in [3.63, 3.8) is 0 Å². The molecule has 1 N–H and O–H groups in total. The van der Waals surface area contributed by atoms with E-state index in [1.807, 2.05) is 12.1 Å². The number of ether oxygens (including phenoxy) is 4. The molecule has 2 aliphatic rings. The Balaban J connectivity index is 1.14. The van der Waals surface area contributed by atoms with Crippen LogP contribution >= 0.6 is 0 Å². The normalized spacial score (nSPS) is 18.7. The Labute approximate surface area is 257 Å². The maximum absolute atomic E-state index is 13.4. The van der Waals surface area contributed by atoms with E-state index in [0.717, 1.165) is 68.2 Å². The molecule has 0 radical (unpaired) electrons. The van der Waals surface area contributed by atoms with E-state index in [9.17, 15) is 4.79 Å². The van der Waals surface area contributed by atoms with Gasteiger partial charge in [0.05, 0.1) is 35.9 Å². The average molecular weight is 598 g/mol. The van der Waals surface area contributed by atoms with E-state index < -0.39 is 12.2 Å². The number of pyridine rings is 2. The summed E-state index contributed by atoms with van der Waals surface area (Å²) < 4.78 is 22.6. The Morgan fingerprint density at radius 2 is 1.57 bits per heavy atom. The fourth-order valence-electron chi connectivity index (χ4n) is 5.64. The molecule has 2 aromatic heterocycles. The van der Waals surface area contributed by atoms with Crippen molar-refractivity contribution in [1.29, 1.82) is 0 Å². The van der Waals surface area contributed by atoms with Crippen LogP contribution in [0.15, 0.2) is 66.9 Å². The molecule has 4 aromatic rings. The second-order valence-electron chi connectivity index (χ2n) is 11.2. The van der Waals surface area contributed by atoms with E-state index in [-0.39, 0.29) is 6.29 Å². The number of hydroxylamine groups is 1. The molecular weight excluding hydrogens is 558 g/mol. The predicted octanol–water partition coefficient (Wildman–Crippen LogP) is 6.64. The summed E-state index contributed by atoms with van der Waals surface area (Å²) in [4.78, 5) is 28.1. The highest BCUT2D eigenvalue weighted by Crippen LogP contribution is 2.31. The van der Waals surface area contributed by atoms with Gasteiger partial charge in [0.1, 0.15) is 0 Å². The molecule has 4 heterocycles. The van der Waals surface area contributed by atoms with Gasteiger partial charge in [-0.1, -0.05) is 48.5 Å². The van der Waals surface area contributed by atoms with Crippen molar-refractivity contribution in [2.45, 2.75) is 63.9 Å². The minimum atomic E-state index is -0.461. The lowest BCUT2D eigenvalue weighted by molar-refractivity contribution is -0.186. The molecule has 9 nitrogen and oxygen atoms in total. The number of aryl methyl sites for hydroxylation is 1. The predicted molar refractivity (Wildman–Crippen MR) is 167 cm³/mol. The highest BCUT2D eigenvalue weighted by molar-refractivity contribution is 6.08. The third-order valence-corrected chi connectivity index (χ3v) is 8.06. The molecule has 1 amide bonds. The first-order valence-corrected chi connectivity index (χ1v) is 15.5. The smallest absolute Gasteiger partial charge is 0.275 e. The summed E-state index contributed by atoms with van der Waals surface area (Å²) in [5, 5.41) is 0.523. The second kappa shape index (κ2) is 14.7. The van der Waals surface area contributed by atoms with Crippen molar-refractivity contribution >= 4 is 16.8 Å². The molecule has 2 saturated heterocycles. The maximum Gasteiger partial charge on any atom is 0.275 e. The third-order valence-electron chi connectivity index (χ3n) is 8.06. The Morgan fingerprint density at radius 3 is 2.25 bits per heavy atom. The number of fused-ring (bicyclic) bond motifs is 1. The molecule has 0 saturated carbocycles. The maximum atomic E-state index is 13.4. The van der Waals surface area contributed by atoms with E-state index >= 15 is 0 Å². The lowest BCUT2D eigenvalue weighted by Crippen LogP contribution is -2.33. The summed E-state index contributed by atoms with van der Waals surface area (Å²) in [6.45, 7) is 2.14. The molecule has 6 rings (SSSR count). The molecule has 2 aromatic carbocycles. The number of carbonyl (C=O) groups is 1. The first-order valence-electron chi connectivity index (χ1n) is 15.5. The number of aromatic nitrogens is 2. The first kappa shape index (κ1) is 30.1. The third kappa shape index (κ3) is 7.42. The fourth-order valence-corrected chi connectivity index (χ4v) is 5.64. The number of methoxy groups -OCH3 is 1. The van der Waals surface area contributed by atoms with Crippen LogP contribution < -0.4 is 10.2 Å². The standard InChI is InChI=1S/C35H39N3O6/c1-40-35-33-28(34(39)38-44-32-9-3-5-21-43-32)23-30(37-29(33)18-19-36-35)27-16-14-26(15-17-27)25-12-10-24(11-13-25)7-6-22-42-31-8-2-4-20-41-31/h10-19,23,31-32H,2-9,20-22H2,1H3,(H,38,39). The van der Waals surface area contributed by atoms with Gasteiger partial charge >= 0.3 is 0 Å². The molecule has 2 fully saturated rings. The minimum Gasteiger partial charge on any atom is -0.480 e. The first-order chi connectivity index (χ1) is 21.7. The summed E-state index contributed by atoms with van der Waals surface area (Å²) in [7, 11) is 1.52. The van der Waals surface area contributed by atoms with Crippen LogP contribution in [0.3, 0.4) is 0 Å². The summed E-state index contributed by atoms with van der Waals surface area (Å²) in [6.07, 6.45) is 9.10. The Kier molecular flexibility index (Phi) is 10.1. The Hall–Kier alpha value is -3.89. The molecule has 2 unspecified atom stereocenters. The molecule has 0 spiro atoms. The van der Waals surface area contributed by atoms with Gasteiger partial charge in [0.25, 0.3) is 5.91 Å². The van der Waals surface area contributed by atoms with Crippen LogP contribution in [0.5, 0.6) is 5.88 Å². The van der Waals surface area contributed by atoms with Crippen molar-refractivity contribution in [1.82, 2.24) is 15.4 Å². The highest BCUT2D eigenvalue weighted by Gasteiger charge is 2.21. The lowest BCUT2D eigenvalue weighted by Gasteiger charge is -2.22. The van der Waals surface area contributed by atoms with Gasteiger partial charge in [0.15, 0.2) is 12.6 Å².